The largest absolute Gasteiger partial charge is 0.444 e. The smallest absolute Gasteiger partial charge is 0.410 e. The molecule has 1 saturated heterocycles. The van der Waals surface area contributed by atoms with Crippen molar-refractivity contribution in [3.05, 3.63) is 40.3 Å². The molecule has 3 heterocycles. The second-order valence-electron chi connectivity index (χ2n) is 8.19. The van der Waals surface area contributed by atoms with E-state index in [2.05, 4.69) is 26.6 Å². The zero-order valence-electron chi connectivity index (χ0n) is 17.1. The number of ether oxygens (including phenoxy) is 1. The van der Waals surface area contributed by atoms with Crippen molar-refractivity contribution in [2.24, 2.45) is 9.98 Å². The SMILES string of the molecule is CC1=C=CN2C(=N1)C(N1CCN(C(=O)OC(C)(C)C)CC1)=Nc1cc(Br)ccc12. The molecule has 29 heavy (non-hydrogen) atoms. The van der Waals surface area contributed by atoms with Gasteiger partial charge in [-0.2, -0.15) is 0 Å². The fraction of sp³-hybridized carbons (Fsp3) is 0.429. The standard InChI is InChI=1S/C21H24BrN5O2/c1-14-7-8-27-17-6-5-15(22)13-16(17)24-18(19(27)23-14)25-9-11-26(12-10-25)20(28)29-21(2,3)4/h5-6,8,13H,9-12H2,1-4H3. The van der Waals surface area contributed by atoms with Crippen LogP contribution in [0, 0.1) is 0 Å². The van der Waals surface area contributed by atoms with E-state index in [4.69, 9.17) is 14.7 Å². The molecule has 8 heteroatoms. The average Bonchev–Trinajstić information content (AvgIpc) is 2.66. The Labute approximate surface area is 179 Å². The summed E-state index contributed by atoms with van der Waals surface area (Å²) in [6.45, 7) is 10.1. The molecule has 0 radical (unpaired) electrons. The van der Waals surface area contributed by atoms with Gasteiger partial charge >= 0.3 is 6.09 Å². The van der Waals surface area contributed by atoms with E-state index < -0.39 is 5.60 Å². The van der Waals surface area contributed by atoms with E-state index in [1.54, 1.807) is 4.90 Å². The number of benzene rings is 1. The van der Waals surface area contributed by atoms with Gasteiger partial charge < -0.3 is 14.5 Å². The number of carbonyl (C=O) groups excluding carboxylic acids is 1. The van der Waals surface area contributed by atoms with Crippen LogP contribution in [0.5, 0.6) is 0 Å². The predicted octanol–water partition coefficient (Wildman–Crippen LogP) is 4.28. The summed E-state index contributed by atoms with van der Waals surface area (Å²) in [5, 5.41) is 0. The number of carbonyl (C=O) groups is 1. The Morgan fingerprint density at radius 2 is 1.86 bits per heavy atom. The summed E-state index contributed by atoms with van der Waals surface area (Å²) < 4.78 is 6.48. The van der Waals surface area contributed by atoms with Gasteiger partial charge in [0.15, 0.2) is 11.7 Å². The van der Waals surface area contributed by atoms with Gasteiger partial charge in [-0.25, -0.2) is 14.8 Å². The number of aliphatic imine (C=N–C) groups is 2. The third-order valence-corrected chi connectivity index (χ3v) is 5.25. The van der Waals surface area contributed by atoms with E-state index >= 15 is 0 Å². The molecular weight excluding hydrogens is 434 g/mol. The second kappa shape index (κ2) is 7.35. The molecule has 0 aromatic heterocycles. The molecular formula is C21H24BrN5O2. The highest BCUT2D eigenvalue weighted by Gasteiger charge is 2.33. The van der Waals surface area contributed by atoms with E-state index in [0.29, 0.717) is 26.2 Å². The summed E-state index contributed by atoms with van der Waals surface area (Å²) in [5.41, 5.74) is 5.35. The maximum Gasteiger partial charge on any atom is 0.410 e. The predicted molar refractivity (Wildman–Crippen MR) is 118 cm³/mol. The first-order valence-corrected chi connectivity index (χ1v) is 10.4. The normalized spacial score (nSPS) is 18.5. The summed E-state index contributed by atoms with van der Waals surface area (Å²) >= 11 is 3.53. The fourth-order valence-electron chi connectivity index (χ4n) is 3.40. The van der Waals surface area contributed by atoms with Gasteiger partial charge in [-0.1, -0.05) is 21.7 Å². The van der Waals surface area contributed by atoms with Crippen LogP contribution in [0.15, 0.2) is 50.3 Å². The van der Waals surface area contributed by atoms with Crippen LogP contribution in [0.4, 0.5) is 16.2 Å². The molecule has 1 amide bonds. The Kier molecular flexibility index (Phi) is 5.00. The zero-order chi connectivity index (χ0) is 20.8. The lowest BCUT2D eigenvalue weighted by atomic mass is 10.1. The minimum absolute atomic E-state index is 0.268. The van der Waals surface area contributed by atoms with Crippen LogP contribution in [0.1, 0.15) is 27.7 Å². The summed E-state index contributed by atoms with van der Waals surface area (Å²) in [5.74, 6) is 1.61. The molecule has 0 saturated carbocycles. The topological polar surface area (TPSA) is 60.7 Å². The van der Waals surface area contributed by atoms with Gasteiger partial charge in [0.1, 0.15) is 5.60 Å². The molecule has 0 atom stereocenters. The van der Waals surface area contributed by atoms with Crippen molar-refractivity contribution in [2.75, 3.05) is 31.1 Å². The number of piperazine rings is 1. The van der Waals surface area contributed by atoms with Crippen molar-refractivity contribution in [1.29, 1.82) is 0 Å². The van der Waals surface area contributed by atoms with Crippen molar-refractivity contribution in [2.45, 2.75) is 33.3 Å². The molecule has 152 valence electrons. The van der Waals surface area contributed by atoms with Crippen molar-refractivity contribution in [3.8, 4) is 0 Å². The van der Waals surface area contributed by atoms with Gasteiger partial charge in [0, 0.05) is 30.7 Å². The van der Waals surface area contributed by atoms with E-state index in [9.17, 15) is 4.79 Å². The quantitative estimate of drug-likeness (QED) is 0.545. The molecule has 3 aliphatic heterocycles. The number of nitrogens with zero attached hydrogens (tertiary/aromatic N) is 5. The molecule has 1 fully saturated rings. The lowest BCUT2D eigenvalue weighted by Crippen LogP contribution is -2.55. The molecule has 1 aromatic rings. The Balaban J connectivity index is 1.58. The van der Waals surface area contributed by atoms with E-state index in [-0.39, 0.29) is 6.09 Å². The van der Waals surface area contributed by atoms with Crippen molar-refractivity contribution >= 4 is 45.1 Å². The van der Waals surface area contributed by atoms with Gasteiger partial charge in [0.2, 0.25) is 0 Å². The van der Waals surface area contributed by atoms with Gasteiger partial charge in [-0.15, -0.1) is 0 Å². The highest BCUT2D eigenvalue weighted by atomic mass is 79.9. The van der Waals surface area contributed by atoms with Crippen LogP contribution in [0.2, 0.25) is 0 Å². The van der Waals surface area contributed by atoms with Crippen LogP contribution in [0.3, 0.4) is 0 Å². The van der Waals surface area contributed by atoms with Gasteiger partial charge in [0.05, 0.1) is 23.3 Å². The lowest BCUT2D eigenvalue weighted by Gasteiger charge is -2.40. The minimum atomic E-state index is -0.494. The Hall–Kier alpha value is -2.57. The lowest BCUT2D eigenvalue weighted by molar-refractivity contribution is 0.0188. The number of amidine groups is 2. The van der Waals surface area contributed by atoms with Crippen molar-refractivity contribution in [1.82, 2.24) is 9.80 Å². The first kappa shape index (κ1) is 19.7. The third kappa shape index (κ3) is 4.09. The molecule has 7 nitrogen and oxygen atoms in total. The number of hydrogen-bond acceptors (Lipinski definition) is 6. The average molecular weight is 458 g/mol. The Morgan fingerprint density at radius 3 is 2.55 bits per heavy atom. The highest BCUT2D eigenvalue weighted by molar-refractivity contribution is 9.10. The minimum Gasteiger partial charge on any atom is -0.444 e. The number of allylic oxidation sites excluding steroid dienone is 1. The van der Waals surface area contributed by atoms with Crippen LogP contribution in [0.25, 0.3) is 0 Å². The Bertz CT molecular complexity index is 977. The molecule has 0 unspecified atom stereocenters. The third-order valence-electron chi connectivity index (χ3n) is 4.76. The number of halogens is 1. The zero-order valence-corrected chi connectivity index (χ0v) is 18.7. The summed E-state index contributed by atoms with van der Waals surface area (Å²) in [4.78, 5) is 28.0. The molecule has 4 rings (SSSR count). The first-order chi connectivity index (χ1) is 13.7. The van der Waals surface area contributed by atoms with Crippen molar-refractivity contribution < 1.29 is 9.53 Å². The van der Waals surface area contributed by atoms with E-state index in [1.165, 1.54) is 0 Å². The van der Waals surface area contributed by atoms with Gasteiger partial charge in [0.25, 0.3) is 0 Å². The number of amides is 1. The maximum absolute atomic E-state index is 12.4. The number of anilines is 1. The maximum atomic E-state index is 12.4. The Morgan fingerprint density at radius 1 is 1.14 bits per heavy atom. The summed E-state index contributed by atoms with van der Waals surface area (Å²) in [7, 11) is 0. The number of hydrogen-bond donors (Lipinski definition) is 0. The molecule has 3 aliphatic rings. The number of rotatable bonds is 0. The number of fused-ring (bicyclic) bond motifs is 3. The first-order valence-electron chi connectivity index (χ1n) is 9.64. The molecule has 0 N–H and O–H groups in total. The van der Waals surface area contributed by atoms with Crippen LogP contribution in [-0.4, -0.2) is 59.3 Å². The van der Waals surface area contributed by atoms with Gasteiger partial charge in [-0.3, -0.25) is 4.90 Å². The van der Waals surface area contributed by atoms with E-state index in [0.717, 1.165) is 33.2 Å². The summed E-state index contributed by atoms with van der Waals surface area (Å²) in [6.07, 6.45) is 1.64. The fourth-order valence-corrected chi connectivity index (χ4v) is 3.75. The van der Waals surface area contributed by atoms with Gasteiger partial charge in [-0.05, 0) is 45.9 Å². The summed E-state index contributed by atoms with van der Waals surface area (Å²) in [6, 6.07) is 6.02. The molecule has 0 bridgehead atoms. The molecule has 0 aliphatic carbocycles. The second-order valence-corrected chi connectivity index (χ2v) is 9.10. The van der Waals surface area contributed by atoms with Crippen molar-refractivity contribution in [3.63, 3.8) is 0 Å². The van der Waals surface area contributed by atoms with Crippen LogP contribution < -0.4 is 4.90 Å². The van der Waals surface area contributed by atoms with Crippen LogP contribution >= 0.6 is 15.9 Å². The highest BCUT2D eigenvalue weighted by Crippen LogP contribution is 2.37. The monoisotopic (exact) mass is 457 g/mol. The molecule has 0 spiro atoms. The van der Waals surface area contributed by atoms with Crippen LogP contribution in [-0.2, 0) is 4.74 Å². The molecule has 1 aromatic carbocycles. The van der Waals surface area contributed by atoms with E-state index in [1.807, 2.05) is 57.0 Å².